The average Bonchev–Trinajstić information content (AvgIpc) is 2.73. The topological polar surface area (TPSA) is 43.8 Å². The van der Waals surface area contributed by atoms with Crippen LogP contribution in [0.15, 0.2) is 6.33 Å². The van der Waals surface area contributed by atoms with Crippen molar-refractivity contribution in [2.75, 3.05) is 6.54 Å². The highest BCUT2D eigenvalue weighted by molar-refractivity contribution is 5.16. The molecule has 0 aliphatic heterocycles. The molecule has 0 spiro atoms. The van der Waals surface area contributed by atoms with Crippen LogP contribution < -0.4 is 5.73 Å². The molecule has 0 saturated heterocycles. The third-order valence-electron chi connectivity index (χ3n) is 3.46. The van der Waals surface area contributed by atoms with Crippen molar-refractivity contribution in [3.63, 3.8) is 0 Å². The van der Waals surface area contributed by atoms with Crippen LogP contribution in [0.3, 0.4) is 0 Å². The second-order valence-corrected chi connectivity index (χ2v) is 4.74. The lowest BCUT2D eigenvalue weighted by molar-refractivity contribution is 0.547. The Balaban J connectivity index is 1.78. The lowest BCUT2D eigenvalue weighted by Gasteiger charge is -2.13. The Labute approximate surface area is 98.1 Å². The van der Waals surface area contributed by atoms with Crippen LogP contribution in [0.5, 0.6) is 0 Å². The third-order valence-corrected chi connectivity index (χ3v) is 3.46. The Morgan fingerprint density at radius 1 is 1.12 bits per heavy atom. The summed E-state index contributed by atoms with van der Waals surface area (Å²) in [5.41, 5.74) is 8.34. The van der Waals surface area contributed by atoms with Crippen molar-refractivity contribution in [2.45, 2.75) is 57.9 Å². The maximum atomic E-state index is 5.48. The van der Waals surface area contributed by atoms with Crippen LogP contribution in [-0.4, -0.2) is 16.1 Å². The molecule has 3 nitrogen and oxygen atoms in total. The Morgan fingerprint density at radius 2 is 1.94 bits per heavy atom. The molecule has 3 heteroatoms. The molecule has 0 amide bonds. The maximum Gasteiger partial charge on any atom is 0.0951 e. The first kappa shape index (κ1) is 11.6. The van der Waals surface area contributed by atoms with Gasteiger partial charge in [0.1, 0.15) is 0 Å². The average molecular weight is 221 g/mol. The van der Waals surface area contributed by atoms with E-state index in [0.29, 0.717) is 0 Å². The van der Waals surface area contributed by atoms with Crippen LogP contribution in [0.1, 0.15) is 49.9 Å². The standard InChI is InChI=1S/C13H23N3/c14-9-5-1-2-6-10-16-11-15-12-7-3-4-8-13(12)16/h11H,1-10,14H2. The number of hydrogen-bond acceptors (Lipinski definition) is 2. The van der Waals surface area contributed by atoms with E-state index in [9.17, 15) is 0 Å². The Morgan fingerprint density at radius 3 is 2.81 bits per heavy atom. The third kappa shape index (κ3) is 2.85. The van der Waals surface area contributed by atoms with E-state index in [-0.39, 0.29) is 0 Å². The summed E-state index contributed by atoms with van der Waals surface area (Å²) in [5.74, 6) is 0. The normalized spacial score (nSPS) is 15.1. The summed E-state index contributed by atoms with van der Waals surface area (Å²) in [6.07, 6.45) is 12.1. The van der Waals surface area contributed by atoms with Gasteiger partial charge in [0.2, 0.25) is 0 Å². The lowest BCUT2D eigenvalue weighted by Crippen LogP contribution is -2.08. The SMILES string of the molecule is NCCCCCCn1cnc2c1CCCC2. The van der Waals surface area contributed by atoms with Gasteiger partial charge in [0.15, 0.2) is 0 Å². The highest BCUT2D eigenvalue weighted by Crippen LogP contribution is 2.20. The first-order chi connectivity index (χ1) is 7.92. The van der Waals surface area contributed by atoms with Crippen LogP contribution in [-0.2, 0) is 19.4 Å². The van der Waals surface area contributed by atoms with Crippen LogP contribution in [0.2, 0.25) is 0 Å². The molecular weight excluding hydrogens is 198 g/mol. The van der Waals surface area contributed by atoms with Gasteiger partial charge in [-0.25, -0.2) is 4.98 Å². The van der Waals surface area contributed by atoms with Gasteiger partial charge in [0.25, 0.3) is 0 Å². The minimum absolute atomic E-state index is 0.834. The summed E-state index contributed by atoms with van der Waals surface area (Å²) >= 11 is 0. The van der Waals surface area contributed by atoms with Crippen LogP contribution in [0, 0.1) is 0 Å². The van der Waals surface area contributed by atoms with E-state index in [0.717, 1.165) is 13.1 Å². The van der Waals surface area contributed by atoms with E-state index in [1.54, 1.807) is 0 Å². The zero-order chi connectivity index (χ0) is 11.2. The van der Waals surface area contributed by atoms with Crippen LogP contribution in [0.25, 0.3) is 0 Å². The summed E-state index contributed by atoms with van der Waals surface area (Å²) in [6.45, 7) is 1.98. The fourth-order valence-electron chi connectivity index (χ4n) is 2.50. The number of aryl methyl sites for hydroxylation is 2. The van der Waals surface area contributed by atoms with Gasteiger partial charge >= 0.3 is 0 Å². The number of rotatable bonds is 6. The molecule has 0 radical (unpaired) electrons. The van der Waals surface area contributed by atoms with Crippen molar-refractivity contribution in [1.29, 1.82) is 0 Å². The van der Waals surface area contributed by atoms with E-state index in [1.807, 2.05) is 6.33 Å². The molecule has 0 aromatic carbocycles. The molecule has 1 aromatic heterocycles. The molecule has 1 aromatic rings. The molecule has 2 rings (SSSR count). The lowest BCUT2D eigenvalue weighted by atomic mass is 10.0. The molecule has 0 unspecified atom stereocenters. The summed E-state index contributed by atoms with van der Waals surface area (Å²) < 4.78 is 2.37. The van der Waals surface area contributed by atoms with Gasteiger partial charge in [0, 0.05) is 12.2 Å². The van der Waals surface area contributed by atoms with E-state index >= 15 is 0 Å². The molecule has 0 saturated carbocycles. The monoisotopic (exact) mass is 221 g/mol. The largest absolute Gasteiger partial charge is 0.334 e. The predicted octanol–water partition coefficient (Wildman–Crippen LogP) is 2.28. The molecule has 2 N–H and O–H groups in total. The minimum atomic E-state index is 0.834. The van der Waals surface area contributed by atoms with Gasteiger partial charge in [-0.3, -0.25) is 0 Å². The summed E-state index contributed by atoms with van der Waals surface area (Å²) in [6, 6.07) is 0. The van der Waals surface area contributed by atoms with Crippen molar-refractivity contribution in [3.05, 3.63) is 17.7 Å². The molecular formula is C13H23N3. The second-order valence-electron chi connectivity index (χ2n) is 4.74. The molecule has 90 valence electrons. The first-order valence-electron chi connectivity index (χ1n) is 6.65. The number of aromatic nitrogens is 2. The van der Waals surface area contributed by atoms with Crippen molar-refractivity contribution in [1.82, 2.24) is 9.55 Å². The van der Waals surface area contributed by atoms with Gasteiger partial charge in [-0.15, -0.1) is 0 Å². The van der Waals surface area contributed by atoms with Gasteiger partial charge < -0.3 is 10.3 Å². The summed E-state index contributed by atoms with van der Waals surface area (Å²) in [5, 5.41) is 0. The fraction of sp³-hybridized carbons (Fsp3) is 0.769. The highest BCUT2D eigenvalue weighted by Gasteiger charge is 2.14. The van der Waals surface area contributed by atoms with Gasteiger partial charge in [-0.2, -0.15) is 0 Å². The molecule has 1 aliphatic carbocycles. The van der Waals surface area contributed by atoms with E-state index < -0.39 is 0 Å². The summed E-state index contributed by atoms with van der Waals surface area (Å²) in [4.78, 5) is 4.51. The van der Waals surface area contributed by atoms with E-state index in [4.69, 9.17) is 5.73 Å². The van der Waals surface area contributed by atoms with Crippen molar-refractivity contribution in [3.8, 4) is 0 Å². The van der Waals surface area contributed by atoms with Crippen molar-refractivity contribution < 1.29 is 0 Å². The quantitative estimate of drug-likeness (QED) is 0.749. The van der Waals surface area contributed by atoms with E-state index in [2.05, 4.69) is 9.55 Å². The number of hydrogen-bond donors (Lipinski definition) is 1. The Hall–Kier alpha value is -0.830. The highest BCUT2D eigenvalue weighted by atomic mass is 15.1. The molecule has 0 atom stereocenters. The smallest absolute Gasteiger partial charge is 0.0951 e. The van der Waals surface area contributed by atoms with Gasteiger partial charge in [-0.1, -0.05) is 12.8 Å². The van der Waals surface area contributed by atoms with Crippen molar-refractivity contribution in [2.24, 2.45) is 5.73 Å². The van der Waals surface area contributed by atoms with Gasteiger partial charge in [-0.05, 0) is 45.1 Å². The molecule has 0 fully saturated rings. The number of unbranched alkanes of at least 4 members (excludes halogenated alkanes) is 3. The predicted molar refractivity (Wildman–Crippen MR) is 66.4 cm³/mol. The second kappa shape index (κ2) is 6.04. The first-order valence-corrected chi connectivity index (χ1v) is 6.65. The van der Waals surface area contributed by atoms with Gasteiger partial charge in [0.05, 0.1) is 12.0 Å². The number of imidazole rings is 1. The molecule has 1 heterocycles. The Kier molecular flexibility index (Phi) is 4.40. The van der Waals surface area contributed by atoms with Crippen LogP contribution >= 0.6 is 0 Å². The number of nitrogens with zero attached hydrogens (tertiary/aromatic N) is 2. The Bertz CT molecular complexity index is 317. The van der Waals surface area contributed by atoms with Crippen molar-refractivity contribution >= 4 is 0 Å². The summed E-state index contributed by atoms with van der Waals surface area (Å²) in [7, 11) is 0. The minimum Gasteiger partial charge on any atom is -0.334 e. The maximum absolute atomic E-state index is 5.48. The number of fused-ring (bicyclic) bond motifs is 1. The fourth-order valence-corrected chi connectivity index (χ4v) is 2.50. The van der Waals surface area contributed by atoms with Crippen LogP contribution in [0.4, 0.5) is 0 Å². The molecule has 1 aliphatic rings. The molecule has 0 bridgehead atoms. The molecule has 16 heavy (non-hydrogen) atoms. The zero-order valence-electron chi connectivity index (χ0n) is 10.1. The number of nitrogens with two attached hydrogens (primary N) is 1. The van der Waals surface area contributed by atoms with E-state index in [1.165, 1.54) is 62.8 Å². The zero-order valence-corrected chi connectivity index (χ0v) is 10.1.